The Bertz CT molecular complexity index is 464. The number of amides is 1. The van der Waals surface area contributed by atoms with Crippen LogP contribution in [0.4, 0.5) is 13.2 Å². The quantitative estimate of drug-likeness (QED) is 0.922. The van der Waals surface area contributed by atoms with E-state index in [2.05, 4.69) is 5.32 Å². The smallest absolute Gasteiger partial charge is 0.336 e. The van der Waals surface area contributed by atoms with E-state index in [0.717, 1.165) is 24.0 Å². The van der Waals surface area contributed by atoms with E-state index in [1.165, 1.54) is 23.2 Å². The third-order valence-electron chi connectivity index (χ3n) is 3.54. The molecule has 1 aromatic heterocycles. The van der Waals surface area contributed by atoms with E-state index < -0.39 is 12.7 Å². The summed E-state index contributed by atoms with van der Waals surface area (Å²) in [5.41, 5.74) is 0.0791. The topological polar surface area (TPSA) is 37.3 Å². The second-order valence-electron chi connectivity index (χ2n) is 5.05. The number of alkyl halides is 3. The van der Waals surface area contributed by atoms with Crippen LogP contribution in [0.5, 0.6) is 0 Å². The molecule has 1 saturated heterocycles. The Labute approximate surface area is 115 Å². The zero-order valence-corrected chi connectivity index (χ0v) is 11.3. The molecule has 0 saturated carbocycles. The Hall–Kier alpha value is -1.50. The van der Waals surface area contributed by atoms with Crippen LogP contribution in [0.1, 0.15) is 23.3 Å². The molecule has 2 heterocycles. The molecule has 4 nitrogen and oxygen atoms in total. The van der Waals surface area contributed by atoms with Gasteiger partial charge in [0.1, 0.15) is 12.2 Å². The number of nitrogens with one attached hydrogen (secondary N) is 1. The minimum absolute atomic E-state index is 0.0329. The number of nitrogens with zero attached hydrogens (tertiary/aromatic N) is 2. The van der Waals surface area contributed by atoms with Crippen molar-refractivity contribution in [1.82, 2.24) is 14.8 Å². The fourth-order valence-corrected chi connectivity index (χ4v) is 2.45. The van der Waals surface area contributed by atoms with Gasteiger partial charge in [-0.2, -0.15) is 13.2 Å². The molecule has 1 amide bonds. The molecule has 1 aliphatic rings. The minimum atomic E-state index is -4.33. The first-order valence-electron chi connectivity index (χ1n) is 6.58. The number of halogens is 3. The molecule has 0 radical (unpaired) electrons. The largest absolute Gasteiger partial charge is 0.406 e. The second kappa shape index (κ2) is 5.87. The van der Waals surface area contributed by atoms with E-state index in [9.17, 15) is 18.0 Å². The third kappa shape index (κ3) is 3.53. The maximum Gasteiger partial charge on any atom is 0.406 e. The highest BCUT2D eigenvalue weighted by Crippen LogP contribution is 2.20. The van der Waals surface area contributed by atoms with Gasteiger partial charge in [-0.1, -0.05) is 0 Å². The molecule has 0 aromatic carbocycles. The summed E-state index contributed by atoms with van der Waals surface area (Å²) >= 11 is 0. The van der Waals surface area contributed by atoms with Crippen molar-refractivity contribution in [2.24, 2.45) is 0 Å². The van der Waals surface area contributed by atoms with Crippen LogP contribution in [-0.4, -0.2) is 47.7 Å². The molecule has 7 heteroatoms. The van der Waals surface area contributed by atoms with Gasteiger partial charge in [-0.05, 0) is 31.5 Å². The lowest BCUT2D eigenvalue weighted by molar-refractivity contribution is -0.140. The molecule has 1 atom stereocenters. The van der Waals surface area contributed by atoms with Gasteiger partial charge in [0.25, 0.3) is 5.91 Å². The first-order chi connectivity index (χ1) is 9.38. The van der Waals surface area contributed by atoms with Crippen LogP contribution in [0.2, 0.25) is 0 Å². The summed E-state index contributed by atoms with van der Waals surface area (Å²) in [4.78, 5) is 13.9. The van der Waals surface area contributed by atoms with Crippen molar-refractivity contribution in [2.45, 2.75) is 31.6 Å². The summed E-state index contributed by atoms with van der Waals surface area (Å²) in [5, 5.41) is 3.19. The number of likely N-dealkylation sites (N-methyl/N-ethyl adjacent to an activating group) is 1. The normalized spacial score (nSPS) is 19.9. The number of hydrogen-bond donors (Lipinski definition) is 1. The molecule has 0 spiro atoms. The van der Waals surface area contributed by atoms with Crippen molar-refractivity contribution in [3.05, 3.63) is 24.0 Å². The first kappa shape index (κ1) is 14.9. The van der Waals surface area contributed by atoms with Crippen molar-refractivity contribution < 1.29 is 18.0 Å². The van der Waals surface area contributed by atoms with Crippen molar-refractivity contribution in [3.63, 3.8) is 0 Å². The minimum Gasteiger partial charge on any atom is -0.336 e. The predicted octanol–water partition coefficient (Wildman–Crippen LogP) is 1.87. The van der Waals surface area contributed by atoms with Gasteiger partial charge in [0.2, 0.25) is 0 Å². The van der Waals surface area contributed by atoms with Crippen molar-refractivity contribution in [1.29, 1.82) is 0 Å². The van der Waals surface area contributed by atoms with Gasteiger partial charge in [-0.3, -0.25) is 4.79 Å². The lowest BCUT2D eigenvalue weighted by atomic mass is 10.1. The molecule has 1 aliphatic heterocycles. The van der Waals surface area contributed by atoms with Gasteiger partial charge in [0.05, 0.1) is 0 Å². The number of hydrogen-bond acceptors (Lipinski definition) is 2. The zero-order valence-electron chi connectivity index (χ0n) is 11.3. The van der Waals surface area contributed by atoms with Gasteiger partial charge < -0.3 is 14.8 Å². The average Bonchev–Trinajstić information content (AvgIpc) is 2.84. The lowest BCUT2D eigenvalue weighted by Crippen LogP contribution is -2.47. The lowest BCUT2D eigenvalue weighted by Gasteiger charge is -2.32. The van der Waals surface area contributed by atoms with Crippen molar-refractivity contribution >= 4 is 5.91 Å². The maximum absolute atomic E-state index is 12.5. The van der Waals surface area contributed by atoms with E-state index in [-0.39, 0.29) is 17.6 Å². The highest BCUT2D eigenvalue weighted by atomic mass is 19.4. The molecule has 0 aliphatic carbocycles. The highest BCUT2D eigenvalue weighted by Gasteiger charge is 2.31. The molecule has 20 heavy (non-hydrogen) atoms. The van der Waals surface area contributed by atoms with Crippen molar-refractivity contribution in [3.8, 4) is 0 Å². The molecular formula is C13H18F3N3O. The highest BCUT2D eigenvalue weighted by molar-refractivity contribution is 5.92. The molecule has 112 valence electrons. The van der Waals surface area contributed by atoms with Gasteiger partial charge >= 0.3 is 6.18 Å². The number of carbonyl (C=O) groups is 1. The van der Waals surface area contributed by atoms with E-state index >= 15 is 0 Å². The summed E-state index contributed by atoms with van der Waals surface area (Å²) < 4.78 is 38.3. The summed E-state index contributed by atoms with van der Waals surface area (Å²) in [7, 11) is 1.64. The molecule has 2 rings (SSSR count). The Morgan fingerprint density at radius 1 is 1.55 bits per heavy atom. The van der Waals surface area contributed by atoms with E-state index in [4.69, 9.17) is 0 Å². The molecule has 0 bridgehead atoms. The molecule has 1 fully saturated rings. The van der Waals surface area contributed by atoms with Crippen LogP contribution >= 0.6 is 0 Å². The summed E-state index contributed by atoms with van der Waals surface area (Å²) in [5.74, 6) is -0.368. The third-order valence-corrected chi connectivity index (χ3v) is 3.54. The van der Waals surface area contributed by atoms with Gasteiger partial charge in [0.15, 0.2) is 0 Å². The monoisotopic (exact) mass is 289 g/mol. The van der Waals surface area contributed by atoms with Crippen LogP contribution in [0.15, 0.2) is 18.3 Å². The molecule has 1 N–H and O–H groups in total. The SMILES string of the molecule is CN(C(=O)c1cccn1CC(F)(F)F)C1CCCNC1. The Morgan fingerprint density at radius 3 is 2.90 bits per heavy atom. The summed E-state index contributed by atoms with van der Waals surface area (Å²) in [6.07, 6.45) is -1.21. The molecule has 1 aromatic rings. The van der Waals surface area contributed by atoms with Crippen molar-refractivity contribution in [2.75, 3.05) is 20.1 Å². The van der Waals surface area contributed by atoms with Gasteiger partial charge in [0, 0.05) is 25.8 Å². The Morgan fingerprint density at radius 2 is 2.30 bits per heavy atom. The van der Waals surface area contributed by atoms with E-state index in [1.807, 2.05) is 0 Å². The van der Waals surface area contributed by atoms with Gasteiger partial charge in [-0.15, -0.1) is 0 Å². The molecular weight excluding hydrogens is 271 g/mol. The first-order valence-corrected chi connectivity index (χ1v) is 6.58. The Balaban J connectivity index is 2.10. The van der Waals surface area contributed by atoms with E-state index in [1.54, 1.807) is 7.05 Å². The number of aromatic nitrogens is 1. The van der Waals surface area contributed by atoms with Crippen LogP contribution in [0, 0.1) is 0 Å². The number of piperidine rings is 1. The zero-order chi connectivity index (χ0) is 14.8. The second-order valence-corrected chi connectivity index (χ2v) is 5.05. The fraction of sp³-hybridized carbons (Fsp3) is 0.615. The standard InChI is InChI=1S/C13H18F3N3O/c1-18(10-4-2-6-17-8-10)12(20)11-5-3-7-19(11)9-13(14,15)16/h3,5,7,10,17H,2,4,6,8-9H2,1H3. The summed E-state index contributed by atoms with van der Waals surface area (Å²) in [6, 6.07) is 2.93. The van der Waals surface area contributed by atoms with Crippen LogP contribution < -0.4 is 5.32 Å². The van der Waals surface area contributed by atoms with Crippen LogP contribution in [0.25, 0.3) is 0 Å². The predicted molar refractivity (Wildman–Crippen MR) is 68.5 cm³/mol. The van der Waals surface area contributed by atoms with Crippen LogP contribution in [-0.2, 0) is 6.54 Å². The van der Waals surface area contributed by atoms with Crippen LogP contribution in [0.3, 0.4) is 0 Å². The summed E-state index contributed by atoms with van der Waals surface area (Å²) in [6.45, 7) is 0.461. The van der Waals surface area contributed by atoms with E-state index in [0.29, 0.717) is 6.54 Å². The Kier molecular flexibility index (Phi) is 4.37. The fourth-order valence-electron chi connectivity index (χ4n) is 2.45. The molecule has 1 unspecified atom stereocenters. The number of carbonyl (C=O) groups excluding carboxylic acids is 1. The number of rotatable bonds is 3. The van der Waals surface area contributed by atoms with Gasteiger partial charge in [-0.25, -0.2) is 0 Å². The average molecular weight is 289 g/mol. The maximum atomic E-state index is 12.5.